The van der Waals surface area contributed by atoms with E-state index in [9.17, 15) is 27.6 Å². The summed E-state index contributed by atoms with van der Waals surface area (Å²) in [6.45, 7) is 1.66. The summed E-state index contributed by atoms with van der Waals surface area (Å²) in [6.07, 6.45) is -2.71. The third-order valence-electron chi connectivity index (χ3n) is 5.86. The van der Waals surface area contributed by atoms with Crippen molar-refractivity contribution in [2.24, 2.45) is 0 Å². The molecule has 2 aromatic rings. The summed E-state index contributed by atoms with van der Waals surface area (Å²) in [7, 11) is -3.19. The number of imide groups is 1. The average Bonchev–Trinajstić information content (AvgIpc) is 3.26. The number of hydrogen-bond acceptors (Lipinski definition) is 8. The van der Waals surface area contributed by atoms with E-state index in [0.29, 0.717) is 4.31 Å². The van der Waals surface area contributed by atoms with Crippen molar-refractivity contribution in [3.63, 3.8) is 0 Å². The first-order chi connectivity index (χ1) is 16.1. The van der Waals surface area contributed by atoms with Crippen molar-refractivity contribution >= 4 is 33.9 Å². The van der Waals surface area contributed by atoms with Gasteiger partial charge in [0.25, 0.3) is 21.8 Å². The largest absolute Gasteiger partial charge is 0.469 e. The maximum atomic E-state index is 13.2. The Morgan fingerprint density at radius 1 is 1.00 bits per heavy atom. The molecule has 0 N–H and O–H groups in total. The molecule has 3 amide bonds. The number of sulfonamides is 1. The summed E-state index contributed by atoms with van der Waals surface area (Å²) in [5.41, 5.74) is 1.36. The molecule has 2 atom stereocenters. The summed E-state index contributed by atoms with van der Waals surface area (Å²) < 4.78 is 37.1. The molecule has 34 heavy (non-hydrogen) atoms. The van der Waals surface area contributed by atoms with Crippen LogP contribution in [0.3, 0.4) is 0 Å². The van der Waals surface area contributed by atoms with Crippen molar-refractivity contribution in [2.75, 3.05) is 13.7 Å². The molecule has 178 valence electrons. The van der Waals surface area contributed by atoms with Gasteiger partial charge < -0.3 is 9.47 Å². The van der Waals surface area contributed by atoms with Gasteiger partial charge in [-0.1, -0.05) is 29.8 Å². The highest BCUT2D eigenvalue weighted by molar-refractivity contribution is 7.89. The van der Waals surface area contributed by atoms with E-state index in [1.807, 2.05) is 0 Å². The minimum atomic E-state index is -4.34. The Hall–Kier alpha value is -3.73. The van der Waals surface area contributed by atoms with Crippen LogP contribution in [0.1, 0.15) is 39.1 Å². The second kappa shape index (κ2) is 8.90. The Balaban J connectivity index is 1.58. The number of cyclic esters (lactones) is 1. The molecule has 2 aromatic carbocycles. The highest BCUT2D eigenvalue weighted by Crippen LogP contribution is 2.32. The Bertz CT molecular complexity index is 1240. The van der Waals surface area contributed by atoms with Crippen molar-refractivity contribution in [2.45, 2.75) is 36.8 Å². The summed E-state index contributed by atoms with van der Waals surface area (Å²) in [5, 5.41) is 0. The van der Waals surface area contributed by atoms with Gasteiger partial charge in [0.15, 0.2) is 0 Å². The number of ether oxygens (including phenoxy) is 2. The normalized spacial score (nSPS) is 19.9. The number of carbonyl (C=O) groups is 4. The van der Waals surface area contributed by atoms with Gasteiger partial charge in [0.1, 0.15) is 6.10 Å². The van der Waals surface area contributed by atoms with Crippen LogP contribution < -0.4 is 0 Å². The molecule has 0 spiro atoms. The number of rotatable bonds is 7. The zero-order valence-electron chi connectivity index (χ0n) is 18.5. The fourth-order valence-corrected chi connectivity index (χ4v) is 5.58. The van der Waals surface area contributed by atoms with Crippen molar-refractivity contribution < 1.29 is 37.1 Å². The highest BCUT2D eigenvalue weighted by atomic mass is 32.2. The molecule has 0 bridgehead atoms. The van der Waals surface area contributed by atoms with Gasteiger partial charge >= 0.3 is 12.1 Å². The third-order valence-corrected chi connectivity index (χ3v) is 7.66. The summed E-state index contributed by atoms with van der Waals surface area (Å²) in [6, 6.07) is 11.1. The Morgan fingerprint density at radius 2 is 1.59 bits per heavy atom. The zero-order valence-corrected chi connectivity index (χ0v) is 19.3. The van der Waals surface area contributed by atoms with Crippen LogP contribution in [0, 0.1) is 6.92 Å². The number of carbonyl (C=O) groups excluding carboxylic acids is 4. The van der Waals surface area contributed by atoms with Gasteiger partial charge in [-0.05, 0) is 31.2 Å². The summed E-state index contributed by atoms with van der Waals surface area (Å²) >= 11 is 0. The van der Waals surface area contributed by atoms with E-state index in [4.69, 9.17) is 4.74 Å². The van der Waals surface area contributed by atoms with Crippen LogP contribution in [0.15, 0.2) is 53.4 Å². The minimum Gasteiger partial charge on any atom is -0.469 e. The standard InChI is InChI=1S/C23H22N2O8S/c1-14-7-9-15(10-8-14)34(30,31)25-18(13-20(26)32-2)19(33-23(25)29)11-12-24-21(27)16-5-3-4-6-17(16)22(24)28/h3-10,18-19H,11-13H2,1-2H3/t18-,19-/m0/s1. The van der Waals surface area contributed by atoms with Gasteiger partial charge in [0.2, 0.25) is 0 Å². The monoisotopic (exact) mass is 486 g/mol. The molecular weight excluding hydrogens is 464 g/mol. The molecule has 0 aromatic heterocycles. The first-order valence-electron chi connectivity index (χ1n) is 10.5. The van der Waals surface area contributed by atoms with Crippen LogP contribution in [0.2, 0.25) is 0 Å². The third kappa shape index (κ3) is 4.03. The maximum absolute atomic E-state index is 13.2. The molecule has 1 saturated heterocycles. The first kappa shape index (κ1) is 23.4. The van der Waals surface area contributed by atoms with Crippen molar-refractivity contribution in [3.8, 4) is 0 Å². The highest BCUT2D eigenvalue weighted by Gasteiger charge is 2.50. The predicted molar refractivity (Wildman–Crippen MR) is 117 cm³/mol. The topological polar surface area (TPSA) is 127 Å². The van der Waals surface area contributed by atoms with Crippen LogP contribution >= 0.6 is 0 Å². The second-order valence-electron chi connectivity index (χ2n) is 7.98. The number of fused-ring (bicyclic) bond motifs is 1. The maximum Gasteiger partial charge on any atom is 0.424 e. The summed E-state index contributed by atoms with van der Waals surface area (Å²) in [5.74, 6) is -1.71. The van der Waals surface area contributed by atoms with Crippen LogP contribution in [-0.2, 0) is 24.3 Å². The van der Waals surface area contributed by atoms with E-state index in [1.165, 1.54) is 12.1 Å². The molecular formula is C23H22N2O8S. The Morgan fingerprint density at radius 3 is 2.15 bits per heavy atom. The zero-order chi connectivity index (χ0) is 24.6. The fraction of sp³-hybridized carbons (Fsp3) is 0.304. The minimum absolute atomic E-state index is 0.0568. The van der Waals surface area contributed by atoms with E-state index in [1.54, 1.807) is 43.3 Å². The van der Waals surface area contributed by atoms with Crippen molar-refractivity contribution in [1.29, 1.82) is 0 Å². The molecule has 0 radical (unpaired) electrons. The number of hydrogen-bond donors (Lipinski definition) is 0. The van der Waals surface area contributed by atoms with E-state index >= 15 is 0 Å². The second-order valence-corrected chi connectivity index (χ2v) is 9.79. The number of nitrogens with zero attached hydrogens (tertiary/aromatic N) is 2. The molecule has 0 unspecified atom stereocenters. The van der Waals surface area contributed by atoms with E-state index in [2.05, 4.69) is 4.74 Å². The number of methoxy groups -OCH3 is 1. The van der Waals surface area contributed by atoms with Crippen molar-refractivity contribution in [3.05, 3.63) is 65.2 Å². The SMILES string of the molecule is COC(=O)C[C@H]1[C@H](CCN2C(=O)c3ccccc3C2=O)OC(=O)N1S(=O)(=O)c1ccc(C)cc1. The lowest BCUT2D eigenvalue weighted by Crippen LogP contribution is -2.43. The molecule has 0 aliphatic carbocycles. The van der Waals surface area contributed by atoms with Gasteiger partial charge in [0, 0.05) is 13.0 Å². The Kier molecular flexibility index (Phi) is 6.13. The average molecular weight is 487 g/mol. The van der Waals surface area contributed by atoms with Gasteiger partial charge in [-0.2, -0.15) is 4.31 Å². The lowest BCUT2D eigenvalue weighted by Gasteiger charge is -2.24. The van der Waals surface area contributed by atoms with Gasteiger partial charge in [-0.3, -0.25) is 19.3 Å². The first-order valence-corrected chi connectivity index (χ1v) is 11.9. The quantitative estimate of drug-likeness (QED) is 0.430. The van der Waals surface area contributed by atoms with E-state index in [0.717, 1.165) is 17.6 Å². The number of benzene rings is 2. The fourth-order valence-electron chi connectivity index (χ4n) is 4.06. The van der Waals surface area contributed by atoms with Gasteiger partial charge in [-0.25, -0.2) is 13.2 Å². The van der Waals surface area contributed by atoms with Crippen molar-refractivity contribution in [1.82, 2.24) is 9.21 Å². The molecule has 2 aliphatic rings. The van der Waals surface area contributed by atoms with Crippen LogP contribution in [0.25, 0.3) is 0 Å². The lowest BCUT2D eigenvalue weighted by molar-refractivity contribution is -0.141. The van der Waals surface area contributed by atoms with E-state index < -0.39 is 52.5 Å². The molecule has 1 fully saturated rings. The van der Waals surface area contributed by atoms with Crippen LogP contribution in [0.5, 0.6) is 0 Å². The predicted octanol–water partition coefficient (Wildman–Crippen LogP) is 2.12. The lowest BCUT2D eigenvalue weighted by atomic mass is 10.1. The summed E-state index contributed by atoms with van der Waals surface area (Å²) in [4.78, 5) is 50.9. The molecule has 2 heterocycles. The van der Waals surface area contributed by atoms with Crippen LogP contribution in [-0.4, -0.2) is 67.3 Å². The molecule has 4 rings (SSSR count). The Labute approximate surface area is 196 Å². The van der Waals surface area contributed by atoms with Gasteiger partial charge in [0.05, 0.1) is 35.6 Å². The van der Waals surface area contributed by atoms with Gasteiger partial charge in [-0.15, -0.1) is 0 Å². The molecule has 11 heteroatoms. The number of esters is 1. The van der Waals surface area contributed by atoms with Crippen LogP contribution in [0.4, 0.5) is 4.79 Å². The van der Waals surface area contributed by atoms with E-state index in [-0.39, 0.29) is 29.0 Å². The molecule has 2 aliphatic heterocycles. The molecule has 0 saturated carbocycles. The number of aryl methyl sites for hydroxylation is 1. The smallest absolute Gasteiger partial charge is 0.424 e. The number of amides is 3. The molecule has 10 nitrogen and oxygen atoms in total.